The number of anilines is 1. The second-order valence-corrected chi connectivity index (χ2v) is 6.73. The number of rotatable bonds is 3. The Labute approximate surface area is 133 Å². The van der Waals surface area contributed by atoms with Crippen molar-refractivity contribution in [1.82, 2.24) is 9.80 Å². The Morgan fingerprint density at radius 2 is 1.95 bits per heavy atom. The summed E-state index contributed by atoms with van der Waals surface area (Å²) in [5.41, 5.74) is 8.32. The minimum Gasteiger partial charge on any atom is -0.399 e. The van der Waals surface area contributed by atoms with E-state index in [-0.39, 0.29) is 5.91 Å². The summed E-state index contributed by atoms with van der Waals surface area (Å²) in [6.45, 7) is 6.28. The normalized spacial score (nSPS) is 23.0. The third-order valence-corrected chi connectivity index (χ3v) is 5.05. The highest BCUT2D eigenvalue weighted by molar-refractivity contribution is 5.96. The van der Waals surface area contributed by atoms with Crippen molar-refractivity contribution in [3.05, 3.63) is 29.3 Å². The van der Waals surface area contributed by atoms with E-state index in [1.54, 1.807) is 0 Å². The molecule has 0 aliphatic carbocycles. The lowest BCUT2D eigenvalue weighted by Crippen LogP contribution is -2.44. The number of carbonyl (C=O) groups is 1. The number of nitrogens with two attached hydrogens (primary N) is 1. The molecule has 0 radical (unpaired) electrons. The number of benzene rings is 1. The van der Waals surface area contributed by atoms with Gasteiger partial charge in [-0.1, -0.05) is 12.5 Å². The number of carbonyl (C=O) groups excluding carboxylic acids is 1. The Bertz CT molecular complexity index is 537. The van der Waals surface area contributed by atoms with E-state index in [1.165, 1.54) is 32.4 Å². The quantitative estimate of drug-likeness (QED) is 0.873. The summed E-state index contributed by atoms with van der Waals surface area (Å²) in [6.07, 6.45) is 6.20. The number of likely N-dealkylation sites (tertiary alicyclic amines) is 2. The van der Waals surface area contributed by atoms with Crippen molar-refractivity contribution in [2.45, 2.75) is 45.1 Å². The van der Waals surface area contributed by atoms with Crippen molar-refractivity contribution in [2.24, 2.45) is 0 Å². The first kappa shape index (κ1) is 15.3. The molecule has 1 unspecified atom stereocenters. The molecule has 1 amide bonds. The lowest BCUT2D eigenvalue weighted by atomic mass is 10.1. The average molecular weight is 301 g/mol. The summed E-state index contributed by atoms with van der Waals surface area (Å²) >= 11 is 0. The molecule has 0 aromatic heterocycles. The van der Waals surface area contributed by atoms with Crippen LogP contribution in [-0.2, 0) is 0 Å². The van der Waals surface area contributed by atoms with Crippen LogP contribution in [0.5, 0.6) is 0 Å². The Morgan fingerprint density at radius 1 is 1.18 bits per heavy atom. The standard InChI is InChI=1S/C18H27N3O/c1-14-7-8-15(19)12-17(14)18(22)21-11-5-6-16(21)13-20-9-3-2-4-10-20/h7-8,12,16H,2-6,9-11,13,19H2,1H3. The van der Waals surface area contributed by atoms with E-state index in [0.29, 0.717) is 11.7 Å². The zero-order valence-corrected chi connectivity index (χ0v) is 13.6. The molecule has 2 aliphatic heterocycles. The van der Waals surface area contributed by atoms with Crippen molar-refractivity contribution in [1.29, 1.82) is 0 Å². The molecule has 0 spiro atoms. The van der Waals surface area contributed by atoms with Crippen LogP contribution in [0.1, 0.15) is 48.0 Å². The van der Waals surface area contributed by atoms with Gasteiger partial charge in [-0.3, -0.25) is 4.79 Å². The van der Waals surface area contributed by atoms with Crippen LogP contribution in [0, 0.1) is 6.92 Å². The van der Waals surface area contributed by atoms with Crippen LogP contribution in [0.4, 0.5) is 5.69 Å². The van der Waals surface area contributed by atoms with E-state index >= 15 is 0 Å². The van der Waals surface area contributed by atoms with Crippen molar-refractivity contribution in [3.8, 4) is 0 Å². The highest BCUT2D eigenvalue weighted by Crippen LogP contribution is 2.24. The second kappa shape index (κ2) is 6.69. The number of hydrogen-bond acceptors (Lipinski definition) is 3. The first-order valence-electron chi connectivity index (χ1n) is 8.54. The van der Waals surface area contributed by atoms with Gasteiger partial charge in [0, 0.05) is 30.4 Å². The molecule has 1 aromatic rings. The fraction of sp³-hybridized carbons (Fsp3) is 0.611. The van der Waals surface area contributed by atoms with E-state index in [2.05, 4.69) is 9.80 Å². The van der Waals surface area contributed by atoms with Crippen LogP contribution in [-0.4, -0.2) is 47.9 Å². The van der Waals surface area contributed by atoms with Crippen LogP contribution >= 0.6 is 0 Å². The van der Waals surface area contributed by atoms with Crippen molar-refractivity contribution in [3.63, 3.8) is 0 Å². The molecule has 0 bridgehead atoms. The van der Waals surface area contributed by atoms with Gasteiger partial charge >= 0.3 is 0 Å². The summed E-state index contributed by atoms with van der Waals surface area (Å²) in [5.74, 6) is 0.157. The number of hydrogen-bond donors (Lipinski definition) is 1. The maximum absolute atomic E-state index is 12.9. The largest absolute Gasteiger partial charge is 0.399 e. The lowest BCUT2D eigenvalue weighted by molar-refractivity contribution is 0.0689. The van der Waals surface area contributed by atoms with E-state index in [0.717, 1.165) is 37.1 Å². The number of nitrogen functional groups attached to an aromatic ring is 1. The van der Waals surface area contributed by atoms with E-state index in [9.17, 15) is 4.79 Å². The lowest BCUT2D eigenvalue weighted by Gasteiger charge is -2.33. The average Bonchev–Trinajstić information content (AvgIpc) is 2.98. The molecule has 4 nitrogen and oxygen atoms in total. The molecular formula is C18H27N3O. The Balaban J connectivity index is 1.71. The highest BCUT2D eigenvalue weighted by atomic mass is 16.2. The predicted molar refractivity (Wildman–Crippen MR) is 89.9 cm³/mol. The van der Waals surface area contributed by atoms with Gasteiger partial charge in [-0.15, -0.1) is 0 Å². The van der Waals surface area contributed by atoms with Gasteiger partial charge in [-0.2, -0.15) is 0 Å². The Kier molecular flexibility index (Phi) is 4.67. The van der Waals surface area contributed by atoms with Gasteiger partial charge < -0.3 is 15.5 Å². The molecule has 1 aromatic carbocycles. The number of aryl methyl sites for hydroxylation is 1. The van der Waals surface area contributed by atoms with Crippen LogP contribution in [0.15, 0.2) is 18.2 Å². The molecule has 22 heavy (non-hydrogen) atoms. The molecule has 4 heteroatoms. The summed E-state index contributed by atoms with van der Waals surface area (Å²) in [5, 5.41) is 0. The minimum absolute atomic E-state index is 0.157. The fourth-order valence-corrected chi connectivity index (χ4v) is 3.76. The van der Waals surface area contributed by atoms with Gasteiger partial charge in [0.2, 0.25) is 0 Å². The van der Waals surface area contributed by atoms with Crippen molar-refractivity contribution < 1.29 is 4.79 Å². The van der Waals surface area contributed by atoms with E-state index in [1.807, 2.05) is 25.1 Å². The van der Waals surface area contributed by atoms with E-state index < -0.39 is 0 Å². The first-order valence-corrected chi connectivity index (χ1v) is 8.54. The maximum atomic E-state index is 12.9. The van der Waals surface area contributed by atoms with Crippen LogP contribution in [0.25, 0.3) is 0 Å². The molecule has 2 N–H and O–H groups in total. The molecule has 2 heterocycles. The summed E-state index contributed by atoms with van der Waals surface area (Å²) in [7, 11) is 0. The van der Waals surface area contributed by atoms with Crippen LogP contribution < -0.4 is 5.73 Å². The molecule has 120 valence electrons. The third-order valence-electron chi connectivity index (χ3n) is 5.05. The molecule has 2 saturated heterocycles. The van der Waals surface area contributed by atoms with Gasteiger partial charge in [0.05, 0.1) is 0 Å². The van der Waals surface area contributed by atoms with Gasteiger partial charge in [0.1, 0.15) is 0 Å². The molecule has 3 rings (SSSR count). The van der Waals surface area contributed by atoms with E-state index in [4.69, 9.17) is 5.73 Å². The maximum Gasteiger partial charge on any atom is 0.254 e. The summed E-state index contributed by atoms with van der Waals surface area (Å²) in [6, 6.07) is 6.00. The number of amides is 1. The zero-order chi connectivity index (χ0) is 15.5. The topological polar surface area (TPSA) is 49.6 Å². The second-order valence-electron chi connectivity index (χ2n) is 6.73. The zero-order valence-electron chi connectivity index (χ0n) is 13.6. The van der Waals surface area contributed by atoms with Crippen LogP contribution in [0.2, 0.25) is 0 Å². The van der Waals surface area contributed by atoms with Crippen LogP contribution in [0.3, 0.4) is 0 Å². The van der Waals surface area contributed by atoms with Gasteiger partial charge in [0.15, 0.2) is 0 Å². The fourth-order valence-electron chi connectivity index (χ4n) is 3.76. The van der Waals surface area contributed by atoms with Crippen molar-refractivity contribution >= 4 is 11.6 Å². The molecule has 2 fully saturated rings. The van der Waals surface area contributed by atoms with Gasteiger partial charge in [0.25, 0.3) is 5.91 Å². The van der Waals surface area contributed by atoms with Gasteiger partial charge in [-0.25, -0.2) is 0 Å². The summed E-state index contributed by atoms with van der Waals surface area (Å²) in [4.78, 5) is 17.5. The minimum atomic E-state index is 0.157. The third kappa shape index (κ3) is 3.27. The molecule has 1 atom stereocenters. The first-order chi connectivity index (χ1) is 10.6. The Hall–Kier alpha value is -1.55. The highest BCUT2D eigenvalue weighted by Gasteiger charge is 2.31. The predicted octanol–water partition coefficient (Wildman–Crippen LogP) is 2.67. The monoisotopic (exact) mass is 301 g/mol. The molecular weight excluding hydrogens is 274 g/mol. The number of piperidine rings is 1. The summed E-state index contributed by atoms with van der Waals surface area (Å²) < 4.78 is 0. The van der Waals surface area contributed by atoms with Gasteiger partial charge in [-0.05, 0) is 63.4 Å². The Morgan fingerprint density at radius 3 is 2.73 bits per heavy atom. The number of nitrogens with zero attached hydrogens (tertiary/aromatic N) is 2. The molecule has 0 saturated carbocycles. The smallest absolute Gasteiger partial charge is 0.254 e. The van der Waals surface area contributed by atoms with Crippen molar-refractivity contribution in [2.75, 3.05) is 31.9 Å². The molecule has 2 aliphatic rings. The SMILES string of the molecule is Cc1ccc(N)cc1C(=O)N1CCCC1CN1CCCCC1.